The van der Waals surface area contributed by atoms with Gasteiger partial charge in [-0.05, 0) is 49.6 Å². The first-order valence-corrected chi connectivity index (χ1v) is 11.7. The van der Waals surface area contributed by atoms with Crippen LogP contribution in [0.3, 0.4) is 0 Å². The monoisotopic (exact) mass is 477 g/mol. The molecule has 1 saturated carbocycles. The maximum atomic E-state index is 13.5. The molecule has 2 saturated heterocycles. The normalized spacial score (nSPS) is 21.2. The Morgan fingerprint density at radius 2 is 1.67 bits per heavy atom. The highest BCUT2D eigenvalue weighted by atomic mass is 35.5. The summed E-state index contributed by atoms with van der Waals surface area (Å²) in [7, 11) is 0. The average molecular weight is 478 g/mol. The van der Waals surface area contributed by atoms with E-state index in [-0.39, 0.29) is 31.2 Å². The Hall–Kier alpha value is -2.62. The fourth-order valence-electron chi connectivity index (χ4n) is 4.60. The summed E-state index contributed by atoms with van der Waals surface area (Å²) < 4.78 is 27.1. The van der Waals surface area contributed by atoms with Gasteiger partial charge in [0.15, 0.2) is 0 Å². The van der Waals surface area contributed by atoms with Crippen LogP contribution in [0.5, 0.6) is 0 Å². The lowest BCUT2D eigenvalue weighted by molar-refractivity contribution is -0.0222. The third-order valence-electron chi connectivity index (χ3n) is 6.93. The zero-order valence-corrected chi connectivity index (χ0v) is 19.2. The van der Waals surface area contributed by atoms with Gasteiger partial charge < -0.3 is 15.1 Å². The molecule has 0 radical (unpaired) electrons. The lowest BCUT2D eigenvalue weighted by Gasteiger charge is -2.33. The molecule has 8 nitrogen and oxygen atoms in total. The average Bonchev–Trinajstić information content (AvgIpc) is 3.52. The number of nitrogens with zero attached hydrogens (tertiary/aromatic N) is 6. The number of carbonyl (C=O) groups is 1. The number of piperidine rings is 2. The van der Waals surface area contributed by atoms with Gasteiger partial charge >= 0.3 is 0 Å². The van der Waals surface area contributed by atoms with Crippen molar-refractivity contribution in [1.29, 1.82) is 0 Å². The van der Waals surface area contributed by atoms with Gasteiger partial charge in [0.05, 0.1) is 0 Å². The fraction of sp³-hybridized carbons (Fsp3) is 0.591. The summed E-state index contributed by atoms with van der Waals surface area (Å²) >= 11 is 6.06. The number of hydrogen-bond donors (Lipinski definition) is 1. The topological polar surface area (TPSA) is 87.1 Å². The van der Waals surface area contributed by atoms with Crippen LogP contribution in [-0.2, 0) is 0 Å². The van der Waals surface area contributed by atoms with Crippen LogP contribution in [0.4, 0.5) is 26.4 Å². The molecule has 2 aliphatic heterocycles. The fourth-order valence-corrected chi connectivity index (χ4v) is 4.73. The molecule has 1 amide bonds. The second-order valence-corrected chi connectivity index (χ2v) is 9.69. The molecular weight excluding hydrogens is 452 g/mol. The second-order valence-electron chi connectivity index (χ2n) is 9.36. The maximum absolute atomic E-state index is 13.5. The van der Waals surface area contributed by atoms with Gasteiger partial charge in [0, 0.05) is 57.0 Å². The first kappa shape index (κ1) is 22.2. The van der Waals surface area contributed by atoms with Crippen LogP contribution in [0.15, 0.2) is 12.3 Å². The summed E-state index contributed by atoms with van der Waals surface area (Å²) in [5, 5.41) is 2.90. The van der Waals surface area contributed by atoms with E-state index in [1.54, 1.807) is 17.9 Å². The van der Waals surface area contributed by atoms with Gasteiger partial charge in [0.25, 0.3) is 11.8 Å². The van der Waals surface area contributed by atoms with E-state index in [0.717, 1.165) is 25.9 Å². The lowest BCUT2D eigenvalue weighted by Crippen LogP contribution is -2.40. The summed E-state index contributed by atoms with van der Waals surface area (Å²) in [6.07, 6.45) is 5.68. The van der Waals surface area contributed by atoms with E-state index < -0.39 is 11.8 Å². The van der Waals surface area contributed by atoms with Gasteiger partial charge in [-0.2, -0.15) is 9.97 Å². The first-order chi connectivity index (χ1) is 15.7. The molecule has 4 heterocycles. The molecule has 176 valence electrons. The summed E-state index contributed by atoms with van der Waals surface area (Å²) in [6, 6.07) is 1.65. The van der Waals surface area contributed by atoms with Crippen LogP contribution in [-0.4, -0.2) is 57.9 Å². The molecule has 33 heavy (non-hydrogen) atoms. The molecule has 5 rings (SSSR count). The van der Waals surface area contributed by atoms with Crippen LogP contribution in [0, 0.1) is 12.3 Å². The molecule has 1 spiro atoms. The molecule has 3 aliphatic rings. The largest absolute Gasteiger partial charge is 0.356 e. The van der Waals surface area contributed by atoms with Gasteiger partial charge in [-0.15, -0.1) is 0 Å². The summed E-state index contributed by atoms with van der Waals surface area (Å²) in [5.74, 6) is -1.90. The second kappa shape index (κ2) is 8.30. The van der Waals surface area contributed by atoms with Crippen molar-refractivity contribution in [2.75, 3.05) is 41.3 Å². The molecule has 1 aliphatic carbocycles. The molecule has 3 fully saturated rings. The Balaban J connectivity index is 1.34. The SMILES string of the molecule is Cc1cc(NC(=O)c2cnc(Cl)nc2N2CCC3(CC2)CC3)nc(N2CCC(F)(F)CC2)n1. The van der Waals surface area contributed by atoms with E-state index in [1.165, 1.54) is 19.0 Å². The minimum atomic E-state index is -2.66. The number of carbonyl (C=O) groups excluding carboxylic acids is 1. The van der Waals surface area contributed by atoms with Gasteiger partial charge in [-0.25, -0.2) is 18.7 Å². The molecule has 11 heteroatoms. The predicted octanol–water partition coefficient (Wildman–Crippen LogP) is 4.10. The van der Waals surface area contributed by atoms with E-state index in [4.69, 9.17) is 11.6 Å². The van der Waals surface area contributed by atoms with Crippen LogP contribution >= 0.6 is 11.6 Å². The summed E-state index contributed by atoms with van der Waals surface area (Å²) in [4.78, 5) is 34.2. The third-order valence-corrected chi connectivity index (χ3v) is 7.11. The third kappa shape index (κ3) is 4.85. The Morgan fingerprint density at radius 1 is 1.00 bits per heavy atom. The standard InChI is InChI=1S/C22H26ClF2N7O/c1-14-12-16(29-20(27-14)32-10-6-22(24,25)7-11-32)28-18(33)15-13-26-19(23)30-17(15)31-8-4-21(2-3-21)5-9-31/h12-13H,2-11H2,1H3,(H,27,28,29,33). The lowest BCUT2D eigenvalue weighted by atomic mass is 9.93. The van der Waals surface area contributed by atoms with Gasteiger partial charge in [-0.1, -0.05) is 0 Å². The molecule has 0 unspecified atom stereocenters. The number of nitrogens with one attached hydrogen (secondary N) is 1. The first-order valence-electron chi connectivity index (χ1n) is 11.3. The highest BCUT2D eigenvalue weighted by Crippen LogP contribution is 2.54. The zero-order valence-electron chi connectivity index (χ0n) is 18.5. The van der Waals surface area contributed by atoms with Crippen molar-refractivity contribution < 1.29 is 13.6 Å². The van der Waals surface area contributed by atoms with Crippen molar-refractivity contribution in [3.05, 3.63) is 28.8 Å². The van der Waals surface area contributed by atoms with Crippen molar-refractivity contribution in [3.8, 4) is 0 Å². The van der Waals surface area contributed by atoms with Crippen molar-refractivity contribution in [2.24, 2.45) is 5.41 Å². The molecule has 0 bridgehead atoms. The minimum Gasteiger partial charge on any atom is -0.356 e. The number of rotatable bonds is 4. The van der Waals surface area contributed by atoms with E-state index in [9.17, 15) is 13.6 Å². The highest BCUT2D eigenvalue weighted by molar-refractivity contribution is 6.28. The molecule has 1 N–H and O–H groups in total. The molecule has 0 aromatic carbocycles. The Bertz CT molecular complexity index is 1060. The summed E-state index contributed by atoms with van der Waals surface area (Å²) in [6.45, 7) is 3.75. The van der Waals surface area contributed by atoms with Gasteiger partial charge in [0.2, 0.25) is 11.2 Å². The Morgan fingerprint density at radius 3 is 2.33 bits per heavy atom. The summed E-state index contributed by atoms with van der Waals surface area (Å²) in [5.41, 5.74) is 1.44. The molecule has 2 aromatic rings. The highest BCUT2D eigenvalue weighted by Gasteiger charge is 2.45. The Kier molecular flexibility index (Phi) is 5.58. The van der Waals surface area contributed by atoms with Gasteiger partial charge in [-0.3, -0.25) is 4.79 Å². The van der Waals surface area contributed by atoms with Crippen LogP contribution in [0.2, 0.25) is 5.28 Å². The number of halogens is 3. The smallest absolute Gasteiger partial charge is 0.262 e. The van der Waals surface area contributed by atoms with Crippen molar-refractivity contribution in [3.63, 3.8) is 0 Å². The van der Waals surface area contributed by atoms with Crippen molar-refractivity contribution >= 4 is 35.1 Å². The predicted molar refractivity (Wildman–Crippen MR) is 121 cm³/mol. The van der Waals surface area contributed by atoms with Crippen LogP contribution in [0.1, 0.15) is 54.6 Å². The van der Waals surface area contributed by atoms with Crippen molar-refractivity contribution in [1.82, 2.24) is 19.9 Å². The van der Waals surface area contributed by atoms with E-state index >= 15 is 0 Å². The van der Waals surface area contributed by atoms with E-state index in [2.05, 4.69) is 30.2 Å². The Labute approximate surface area is 195 Å². The maximum Gasteiger partial charge on any atom is 0.262 e. The number of aromatic nitrogens is 4. The molecule has 0 atom stereocenters. The molecular formula is C22H26ClF2N7O. The number of amides is 1. The number of aryl methyl sites for hydroxylation is 1. The quantitative estimate of drug-likeness (QED) is 0.663. The number of anilines is 3. The number of alkyl halides is 2. The zero-order chi connectivity index (χ0) is 23.2. The van der Waals surface area contributed by atoms with E-state index in [1.807, 2.05) is 0 Å². The van der Waals surface area contributed by atoms with Crippen LogP contribution in [0.25, 0.3) is 0 Å². The minimum absolute atomic E-state index is 0.0929. The van der Waals surface area contributed by atoms with Crippen LogP contribution < -0.4 is 15.1 Å². The number of hydrogen-bond acceptors (Lipinski definition) is 7. The van der Waals surface area contributed by atoms with Crippen molar-refractivity contribution in [2.45, 2.75) is 51.4 Å². The van der Waals surface area contributed by atoms with Gasteiger partial charge in [0.1, 0.15) is 17.2 Å². The van der Waals surface area contributed by atoms with E-state index in [0.29, 0.717) is 34.3 Å². The molecule has 2 aromatic heterocycles.